The molecule has 0 rings (SSSR count). The molecule has 0 N–H and O–H groups in total. The van der Waals surface area contributed by atoms with Crippen LogP contribution in [0.3, 0.4) is 0 Å². The Balaban J connectivity index is 3.97. The van der Waals surface area contributed by atoms with Gasteiger partial charge in [0.15, 0.2) is 0 Å². The normalized spacial score (nSPS) is 12.4. The highest BCUT2D eigenvalue weighted by molar-refractivity contribution is 5.18. The monoisotopic (exact) mass is 388 g/mol. The minimum Gasteiger partial charge on any atom is -0.0999 e. The predicted octanol–water partition coefficient (Wildman–Crippen LogP) is 10.4. The molecule has 0 nitrogen and oxygen atoms in total. The number of hydrogen-bond donors (Lipinski definition) is 0. The summed E-state index contributed by atoms with van der Waals surface area (Å²) in [6, 6.07) is 0. The maximum atomic E-state index is 4.29. The first-order chi connectivity index (χ1) is 13.7. The maximum Gasteiger partial charge on any atom is -0.0282 e. The molecule has 0 aliphatic rings. The van der Waals surface area contributed by atoms with Crippen LogP contribution in [0.4, 0.5) is 0 Å². The number of allylic oxidation sites excluding steroid dienone is 5. The molecule has 0 radical (unpaired) electrons. The van der Waals surface area contributed by atoms with Gasteiger partial charge in [0.2, 0.25) is 0 Å². The summed E-state index contributed by atoms with van der Waals surface area (Å²) in [5, 5.41) is 0. The van der Waals surface area contributed by atoms with Crippen LogP contribution >= 0.6 is 0 Å². The van der Waals surface area contributed by atoms with Crippen molar-refractivity contribution in [3.05, 3.63) is 36.0 Å². The summed E-state index contributed by atoms with van der Waals surface area (Å²) in [7, 11) is 0. The predicted molar refractivity (Wildman–Crippen MR) is 131 cm³/mol. The number of unbranched alkanes of at least 4 members (excludes halogenated alkanes) is 7. The summed E-state index contributed by atoms with van der Waals surface area (Å²) in [5.41, 5.74) is 3.05. The zero-order chi connectivity index (χ0) is 20.9. The Bertz CT molecular complexity index is 394. The van der Waals surface area contributed by atoms with Crippen LogP contribution in [0.25, 0.3) is 0 Å². The molecule has 0 aromatic carbocycles. The van der Waals surface area contributed by atoms with E-state index in [4.69, 9.17) is 0 Å². The molecule has 0 aliphatic carbocycles. The quantitative estimate of drug-likeness (QED) is 0.110. The van der Waals surface area contributed by atoms with Gasteiger partial charge in [-0.2, -0.15) is 0 Å². The van der Waals surface area contributed by atoms with Crippen LogP contribution in [-0.4, -0.2) is 0 Å². The lowest BCUT2D eigenvalue weighted by atomic mass is 9.96. The molecule has 0 aromatic rings. The molecule has 0 spiro atoms. The van der Waals surface area contributed by atoms with Gasteiger partial charge in [-0.05, 0) is 63.7 Å². The van der Waals surface area contributed by atoms with Crippen LogP contribution < -0.4 is 0 Å². The Morgan fingerprint density at radius 1 is 0.714 bits per heavy atom. The Morgan fingerprint density at radius 3 is 1.96 bits per heavy atom. The Labute approximate surface area is 179 Å². The average molecular weight is 389 g/mol. The largest absolute Gasteiger partial charge is 0.0999 e. The molecule has 28 heavy (non-hydrogen) atoms. The fraction of sp³-hybridized carbons (Fsp3) is 0.786. The topological polar surface area (TPSA) is 0 Å². The standard InChI is InChI=1S/C28H52/c1-6-10-12-15-20-26(5)21-16-13-18-24-28(22-11-7-2)25-19-14-17-23-27(8-3)9-4/h19,22,25,27H,5-18,20-21,23-24H2,1-4H3. The van der Waals surface area contributed by atoms with Gasteiger partial charge in [-0.25, -0.2) is 0 Å². The van der Waals surface area contributed by atoms with Crippen molar-refractivity contribution in [3.8, 4) is 0 Å². The molecule has 0 aliphatic heterocycles. The minimum absolute atomic E-state index is 0.935. The van der Waals surface area contributed by atoms with E-state index in [0.717, 1.165) is 5.92 Å². The number of rotatable bonds is 20. The molecular weight excluding hydrogens is 336 g/mol. The zero-order valence-electron chi connectivity index (χ0n) is 20.0. The van der Waals surface area contributed by atoms with E-state index in [1.165, 1.54) is 115 Å². The fourth-order valence-electron chi connectivity index (χ4n) is 3.85. The lowest BCUT2D eigenvalue weighted by Gasteiger charge is -2.10. The van der Waals surface area contributed by atoms with E-state index in [-0.39, 0.29) is 0 Å². The van der Waals surface area contributed by atoms with Gasteiger partial charge in [0.25, 0.3) is 0 Å². The third kappa shape index (κ3) is 17.3. The van der Waals surface area contributed by atoms with Crippen molar-refractivity contribution in [3.63, 3.8) is 0 Å². The molecule has 0 atom stereocenters. The average Bonchev–Trinajstić information content (AvgIpc) is 2.71. The lowest BCUT2D eigenvalue weighted by molar-refractivity contribution is 0.443. The molecule has 0 unspecified atom stereocenters. The Kier molecular flexibility index (Phi) is 20.4. The van der Waals surface area contributed by atoms with Gasteiger partial charge in [0.1, 0.15) is 0 Å². The summed E-state index contributed by atoms with van der Waals surface area (Å²) >= 11 is 0. The van der Waals surface area contributed by atoms with Crippen LogP contribution in [0, 0.1) is 5.92 Å². The van der Waals surface area contributed by atoms with Gasteiger partial charge in [-0.15, -0.1) is 0 Å². The highest BCUT2D eigenvalue weighted by Crippen LogP contribution is 2.19. The Morgan fingerprint density at radius 2 is 1.36 bits per heavy atom. The van der Waals surface area contributed by atoms with Crippen molar-refractivity contribution >= 4 is 0 Å². The fourth-order valence-corrected chi connectivity index (χ4v) is 3.85. The van der Waals surface area contributed by atoms with E-state index < -0.39 is 0 Å². The minimum atomic E-state index is 0.935. The van der Waals surface area contributed by atoms with Crippen LogP contribution in [0.1, 0.15) is 137 Å². The molecule has 0 amide bonds. The summed E-state index contributed by atoms with van der Waals surface area (Å²) in [6.07, 6.45) is 29.7. The maximum absolute atomic E-state index is 4.29. The van der Waals surface area contributed by atoms with Gasteiger partial charge in [-0.3, -0.25) is 0 Å². The van der Waals surface area contributed by atoms with Crippen LogP contribution in [-0.2, 0) is 0 Å². The summed E-state index contributed by atoms with van der Waals surface area (Å²) in [6.45, 7) is 13.5. The van der Waals surface area contributed by atoms with Crippen molar-refractivity contribution in [2.45, 2.75) is 137 Å². The first kappa shape index (κ1) is 27.2. The highest BCUT2D eigenvalue weighted by atomic mass is 14.1. The lowest BCUT2D eigenvalue weighted by Crippen LogP contribution is -1.95. The summed E-state index contributed by atoms with van der Waals surface area (Å²) < 4.78 is 0. The van der Waals surface area contributed by atoms with Crippen molar-refractivity contribution in [1.29, 1.82) is 0 Å². The third-order valence-corrected chi connectivity index (χ3v) is 6.04. The smallest absolute Gasteiger partial charge is 0.0282 e. The first-order valence-electron chi connectivity index (χ1n) is 12.7. The second-order valence-corrected chi connectivity index (χ2v) is 8.70. The molecule has 0 aromatic heterocycles. The number of hydrogen-bond acceptors (Lipinski definition) is 0. The molecule has 0 bridgehead atoms. The van der Waals surface area contributed by atoms with Crippen molar-refractivity contribution in [2.24, 2.45) is 5.92 Å². The second kappa shape index (κ2) is 20.9. The second-order valence-electron chi connectivity index (χ2n) is 8.70. The SMILES string of the molecule is C=C(CCCCCC)CCCCCC(C=CCCCC(CC)CC)=CCCC. The van der Waals surface area contributed by atoms with Gasteiger partial charge in [0.05, 0.1) is 0 Å². The molecule has 164 valence electrons. The summed E-state index contributed by atoms with van der Waals surface area (Å²) in [5.74, 6) is 0.935. The van der Waals surface area contributed by atoms with E-state index in [9.17, 15) is 0 Å². The first-order valence-corrected chi connectivity index (χ1v) is 12.7. The third-order valence-electron chi connectivity index (χ3n) is 6.04. The van der Waals surface area contributed by atoms with Crippen molar-refractivity contribution in [1.82, 2.24) is 0 Å². The molecule has 0 heteroatoms. The molecule has 0 heterocycles. The van der Waals surface area contributed by atoms with Gasteiger partial charge in [0, 0.05) is 0 Å². The van der Waals surface area contributed by atoms with Crippen LogP contribution in [0.5, 0.6) is 0 Å². The summed E-state index contributed by atoms with van der Waals surface area (Å²) in [4.78, 5) is 0. The van der Waals surface area contributed by atoms with E-state index in [1.54, 1.807) is 5.57 Å². The van der Waals surface area contributed by atoms with E-state index in [2.05, 4.69) is 52.5 Å². The van der Waals surface area contributed by atoms with Crippen LogP contribution in [0.15, 0.2) is 36.0 Å². The Hall–Kier alpha value is -0.780. The molecular formula is C28H52. The molecule has 0 saturated carbocycles. The van der Waals surface area contributed by atoms with E-state index >= 15 is 0 Å². The van der Waals surface area contributed by atoms with E-state index in [1.807, 2.05) is 0 Å². The van der Waals surface area contributed by atoms with E-state index in [0.29, 0.717) is 0 Å². The molecule has 0 fully saturated rings. The van der Waals surface area contributed by atoms with Gasteiger partial charge in [-0.1, -0.05) is 115 Å². The van der Waals surface area contributed by atoms with Gasteiger partial charge < -0.3 is 0 Å². The zero-order valence-corrected chi connectivity index (χ0v) is 20.0. The van der Waals surface area contributed by atoms with Crippen molar-refractivity contribution < 1.29 is 0 Å². The van der Waals surface area contributed by atoms with Crippen LogP contribution in [0.2, 0.25) is 0 Å². The molecule has 0 saturated heterocycles. The highest BCUT2D eigenvalue weighted by Gasteiger charge is 2.02. The van der Waals surface area contributed by atoms with Crippen molar-refractivity contribution in [2.75, 3.05) is 0 Å². The van der Waals surface area contributed by atoms with Gasteiger partial charge >= 0.3 is 0 Å².